The summed E-state index contributed by atoms with van der Waals surface area (Å²) in [6.45, 7) is 2.90. The standard InChI is InChI=1S/C12H19NO8/c1-5(15)13-9-11(20-7(3)17)10(19-6(2)16)8(4-14)21-12(9)18/h8-12,14,18H,4H2,1-3H3,(H,13,15)/t8?,9?,10-,11-,12?/m1/s1. The van der Waals surface area contributed by atoms with E-state index in [1.807, 2.05) is 0 Å². The van der Waals surface area contributed by atoms with Crippen molar-refractivity contribution in [2.75, 3.05) is 6.61 Å². The van der Waals surface area contributed by atoms with Gasteiger partial charge in [-0.1, -0.05) is 0 Å². The summed E-state index contributed by atoms with van der Waals surface area (Å²) < 4.78 is 15.1. The molecule has 3 unspecified atom stereocenters. The third-order valence-corrected chi connectivity index (χ3v) is 2.82. The molecule has 0 aromatic heterocycles. The molecule has 1 fully saturated rings. The molecule has 1 aliphatic rings. The normalized spacial score (nSPS) is 32.1. The molecule has 9 heteroatoms. The summed E-state index contributed by atoms with van der Waals surface area (Å²) in [5, 5.41) is 21.5. The van der Waals surface area contributed by atoms with Crippen LogP contribution >= 0.6 is 0 Å². The second-order valence-corrected chi connectivity index (χ2v) is 4.62. The number of rotatable bonds is 4. The van der Waals surface area contributed by atoms with Crippen LogP contribution in [0.2, 0.25) is 0 Å². The number of amides is 1. The van der Waals surface area contributed by atoms with Crippen molar-refractivity contribution in [3.63, 3.8) is 0 Å². The number of aliphatic hydroxyl groups excluding tert-OH is 2. The summed E-state index contributed by atoms with van der Waals surface area (Å²) in [5.41, 5.74) is 0. The highest BCUT2D eigenvalue weighted by molar-refractivity contribution is 5.73. The van der Waals surface area contributed by atoms with Gasteiger partial charge in [0.25, 0.3) is 0 Å². The number of ether oxygens (including phenoxy) is 3. The first-order valence-electron chi connectivity index (χ1n) is 6.32. The fraction of sp³-hybridized carbons (Fsp3) is 0.750. The molecule has 1 rings (SSSR count). The number of hydrogen-bond acceptors (Lipinski definition) is 8. The number of carbonyl (C=O) groups excluding carboxylic acids is 3. The van der Waals surface area contributed by atoms with Crippen molar-refractivity contribution >= 4 is 17.8 Å². The summed E-state index contributed by atoms with van der Waals surface area (Å²) in [6.07, 6.45) is -4.95. The average molecular weight is 305 g/mol. The Morgan fingerprint density at radius 3 is 2.05 bits per heavy atom. The van der Waals surface area contributed by atoms with Gasteiger partial charge in [0.1, 0.15) is 12.1 Å². The lowest BCUT2D eigenvalue weighted by atomic mass is 9.96. The van der Waals surface area contributed by atoms with Crippen LogP contribution in [0.15, 0.2) is 0 Å². The summed E-state index contributed by atoms with van der Waals surface area (Å²) in [6, 6.07) is -1.13. The van der Waals surface area contributed by atoms with Crippen LogP contribution in [0.4, 0.5) is 0 Å². The Hall–Kier alpha value is -1.71. The minimum atomic E-state index is -1.53. The van der Waals surface area contributed by atoms with E-state index in [1.54, 1.807) is 0 Å². The lowest BCUT2D eigenvalue weighted by Crippen LogP contribution is -2.65. The largest absolute Gasteiger partial charge is 0.456 e. The van der Waals surface area contributed by atoms with E-state index in [4.69, 9.17) is 14.2 Å². The van der Waals surface area contributed by atoms with Gasteiger partial charge in [0.15, 0.2) is 18.5 Å². The number of aliphatic hydroxyl groups is 2. The van der Waals surface area contributed by atoms with Crippen molar-refractivity contribution in [3.8, 4) is 0 Å². The van der Waals surface area contributed by atoms with Crippen molar-refractivity contribution in [1.82, 2.24) is 5.32 Å². The van der Waals surface area contributed by atoms with Gasteiger partial charge in [-0.15, -0.1) is 0 Å². The zero-order valence-corrected chi connectivity index (χ0v) is 11.9. The van der Waals surface area contributed by atoms with E-state index in [-0.39, 0.29) is 0 Å². The second kappa shape index (κ2) is 7.34. The molecule has 1 aliphatic heterocycles. The highest BCUT2D eigenvalue weighted by atomic mass is 16.7. The van der Waals surface area contributed by atoms with Crippen LogP contribution in [0.1, 0.15) is 20.8 Å². The van der Waals surface area contributed by atoms with Crippen LogP contribution in [0.3, 0.4) is 0 Å². The van der Waals surface area contributed by atoms with Crippen molar-refractivity contribution in [3.05, 3.63) is 0 Å². The maximum atomic E-state index is 11.2. The third kappa shape index (κ3) is 4.66. The fourth-order valence-electron chi connectivity index (χ4n) is 2.12. The lowest BCUT2D eigenvalue weighted by Gasteiger charge is -2.43. The van der Waals surface area contributed by atoms with E-state index in [9.17, 15) is 24.6 Å². The van der Waals surface area contributed by atoms with Crippen LogP contribution in [-0.4, -0.2) is 65.3 Å². The molecule has 120 valence electrons. The monoisotopic (exact) mass is 305 g/mol. The van der Waals surface area contributed by atoms with Gasteiger partial charge < -0.3 is 29.7 Å². The SMILES string of the molecule is CC(=O)NC1C(O)OC(CO)[C@@H](OC(C)=O)[C@@H]1OC(C)=O. The number of esters is 2. The van der Waals surface area contributed by atoms with Gasteiger partial charge in [-0.2, -0.15) is 0 Å². The first-order chi connectivity index (χ1) is 9.76. The molecule has 21 heavy (non-hydrogen) atoms. The van der Waals surface area contributed by atoms with Crippen LogP contribution in [-0.2, 0) is 28.6 Å². The summed E-state index contributed by atoms with van der Waals surface area (Å²) in [4.78, 5) is 33.6. The second-order valence-electron chi connectivity index (χ2n) is 4.62. The molecule has 0 aromatic carbocycles. The van der Waals surface area contributed by atoms with E-state index in [0.717, 1.165) is 13.8 Å². The Kier molecular flexibility index (Phi) is 6.06. The van der Waals surface area contributed by atoms with E-state index in [2.05, 4.69) is 5.32 Å². The molecular weight excluding hydrogens is 286 g/mol. The van der Waals surface area contributed by atoms with Gasteiger partial charge in [0, 0.05) is 20.8 Å². The van der Waals surface area contributed by atoms with E-state index < -0.39 is 55.1 Å². The molecule has 5 atom stereocenters. The smallest absolute Gasteiger partial charge is 0.303 e. The Balaban J connectivity index is 3.08. The predicted molar refractivity (Wildman–Crippen MR) is 66.7 cm³/mol. The Morgan fingerprint density at radius 2 is 1.62 bits per heavy atom. The van der Waals surface area contributed by atoms with Crippen LogP contribution in [0, 0.1) is 0 Å². The molecule has 0 radical (unpaired) electrons. The van der Waals surface area contributed by atoms with Crippen molar-refractivity contribution in [2.24, 2.45) is 0 Å². The highest BCUT2D eigenvalue weighted by Gasteiger charge is 2.49. The summed E-state index contributed by atoms with van der Waals surface area (Å²) in [7, 11) is 0. The third-order valence-electron chi connectivity index (χ3n) is 2.82. The maximum Gasteiger partial charge on any atom is 0.303 e. The quantitative estimate of drug-likeness (QED) is 0.511. The van der Waals surface area contributed by atoms with Gasteiger partial charge >= 0.3 is 11.9 Å². The van der Waals surface area contributed by atoms with Gasteiger partial charge in [-0.05, 0) is 0 Å². The number of hydrogen-bond donors (Lipinski definition) is 3. The molecule has 9 nitrogen and oxygen atoms in total. The zero-order chi connectivity index (χ0) is 16.2. The topological polar surface area (TPSA) is 131 Å². The molecule has 3 N–H and O–H groups in total. The molecular formula is C12H19NO8. The molecule has 0 aliphatic carbocycles. The first-order valence-corrected chi connectivity index (χ1v) is 6.32. The molecule has 0 aromatic rings. The molecule has 0 bridgehead atoms. The van der Waals surface area contributed by atoms with E-state index in [0.29, 0.717) is 0 Å². The van der Waals surface area contributed by atoms with Crippen LogP contribution < -0.4 is 5.32 Å². The molecule has 0 saturated carbocycles. The Morgan fingerprint density at radius 1 is 1.10 bits per heavy atom. The van der Waals surface area contributed by atoms with Gasteiger partial charge in [0.2, 0.25) is 5.91 Å². The minimum Gasteiger partial charge on any atom is -0.456 e. The summed E-state index contributed by atoms with van der Waals surface area (Å²) >= 11 is 0. The highest BCUT2D eigenvalue weighted by Crippen LogP contribution is 2.25. The first kappa shape index (κ1) is 17.3. The van der Waals surface area contributed by atoms with Crippen LogP contribution in [0.25, 0.3) is 0 Å². The maximum absolute atomic E-state index is 11.2. The van der Waals surface area contributed by atoms with Gasteiger partial charge in [0.05, 0.1) is 6.61 Å². The predicted octanol–water partition coefficient (Wildman–Crippen LogP) is -1.94. The molecule has 1 saturated heterocycles. The number of nitrogens with one attached hydrogen (secondary N) is 1. The fourth-order valence-corrected chi connectivity index (χ4v) is 2.12. The van der Waals surface area contributed by atoms with Crippen LogP contribution in [0.5, 0.6) is 0 Å². The average Bonchev–Trinajstić information content (AvgIpc) is 2.35. The van der Waals surface area contributed by atoms with Gasteiger partial charge in [-0.3, -0.25) is 14.4 Å². The number of carbonyl (C=O) groups is 3. The van der Waals surface area contributed by atoms with Crippen molar-refractivity contribution in [2.45, 2.75) is 51.4 Å². The Labute approximate surface area is 121 Å². The van der Waals surface area contributed by atoms with Crippen molar-refractivity contribution in [1.29, 1.82) is 0 Å². The zero-order valence-electron chi connectivity index (χ0n) is 11.9. The Bertz CT molecular complexity index is 412. The molecule has 1 heterocycles. The molecule has 1 amide bonds. The van der Waals surface area contributed by atoms with E-state index >= 15 is 0 Å². The van der Waals surface area contributed by atoms with Crippen molar-refractivity contribution < 1.29 is 38.8 Å². The van der Waals surface area contributed by atoms with Gasteiger partial charge in [-0.25, -0.2) is 0 Å². The minimum absolute atomic E-state index is 0.496. The lowest BCUT2D eigenvalue weighted by molar-refractivity contribution is -0.263. The molecule has 0 spiro atoms. The van der Waals surface area contributed by atoms with E-state index in [1.165, 1.54) is 6.92 Å². The summed E-state index contributed by atoms with van der Waals surface area (Å²) in [5.74, 6) is -1.88.